The number of carbonyl (C=O) groups is 2. The van der Waals surface area contributed by atoms with E-state index in [1.807, 2.05) is 38.1 Å². The second kappa shape index (κ2) is 9.92. The molecule has 0 aromatic heterocycles. The summed E-state index contributed by atoms with van der Waals surface area (Å²) in [4.78, 5) is 33.2. The Hall–Kier alpha value is -2.63. The van der Waals surface area contributed by atoms with Crippen molar-refractivity contribution in [2.24, 2.45) is 10.9 Å². The SMILES string of the molecule is CCOC(=O)C1=C(N2CCCCC2)N=C(C)C(C(=O)OCC)C1c1ccccc1C. The second-order valence-electron chi connectivity index (χ2n) is 7.82. The van der Waals surface area contributed by atoms with E-state index in [0.29, 0.717) is 17.1 Å². The van der Waals surface area contributed by atoms with E-state index < -0.39 is 17.8 Å². The van der Waals surface area contributed by atoms with Gasteiger partial charge in [0.15, 0.2) is 0 Å². The van der Waals surface area contributed by atoms with E-state index in [1.165, 1.54) is 6.42 Å². The third kappa shape index (κ3) is 4.42. The number of aryl methyl sites for hydroxylation is 1. The van der Waals surface area contributed by atoms with Crippen LogP contribution in [0.15, 0.2) is 40.7 Å². The van der Waals surface area contributed by atoms with E-state index in [9.17, 15) is 9.59 Å². The van der Waals surface area contributed by atoms with Crippen LogP contribution in [0.1, 0.15) is 57.1 Å². The van der Waals surface area contributed by atoms with E-state index in [-0.39, 0.29) is 19.2 Å². The summed E-state index contributed by atoms with van der Waals surface area (Å²) in [6, 6.07) is 7.89. The Kier molecular flexibility index (Phi) is 7.29. The van der Waals surface area contributed by atoms with E-state index in [1.54, 1.807) is 13.8 Å². The van der Waals surface area contributed by atoms with Crippen molar-refractivity contribution in [3.63, 3.8) is 0 Å². The van der Waals surface area contributed by atoms with Crippen molar-refractivity contribution in [1.29, 1.82) is 0 Å². The van der Waals surface area contributed by atoms with Crippen LogP contribution in [0.3, 0.4) is 0 Å². The minimum atomic E-state index is -0.654. The molecule has 2 heterocycles. The van der Waals surface area contributed by atoms with E-state index >= 15 is 0 Å². The summed E-state index contributed by atoms with van der Waals surface area (Å²) in [6.45, 7) is 9.68. The van der Waals surface area contributed by atoms with Crippen LogP contribution in [0.25, 0.3) is 0 Å². The van der Waals surface area contributed by atoms with Crippen molar-refractivity contribution in [2.75, 3.05) is 26.3 Å². The number of esters is 2. The highest BCUT2D eigenvalue weighted by molar-refractivity contribution is 6.07. The maximum atomic E-state index is 13.3. The van der Waals surface area contributed by atoms with Gasteiger partial charge in [-0.2, -0.15) is 0 Å². The molecule has 0 saturated carbocycles. The van der Waals surface area contributed by atoms with Gasteiger partial charge in [-0.05, 0) is 58.1 Å². The Morgan fingerprint density at radius 3 is 2.33 bits per heavy atom. The van der Waals surface area contributed by atoms with Crippen molar-refractivity contribution >= 4 is 17.7 Å². The van der Waals surface area contributed by atoms with Gasteiger partial charge in [0.1, 0.15) is 11.7 Å². The predicted molar refractivity (Wildman–Crippen MR) is 116 cm³/mol. The molecule has 0 bridgehead atoms. The van der Waals surface area contributed by atoms with Crippen molar-refractivity contribution in [1.82, 2.24) is 4.90 Å². The van der Waals surface area contributed by atoms with Crippen molar-refractivity contribution in [2.45, 2.75) is 52.9 Å². The molecule has 0 N–H and O–H groups in total. The van der Waals surface area contributed by atoms with Crippen LogP contribution in [0.5, 0.6) is 0 Å². The molecule has 1 aromatic carbocycles. The minimum absolute atomic E-state index is 0.267. The first-order valence-electron chi connectivity index (χ1n) is 10.9. The summed E-state index contributed by atoms with van der Waals surface area (Å²) >= 11 is 0. The third-order valence-electron chi connectivity index (χ3n) is 5.83. The zero-order chi connectivity index (χ0) is 21.7. The molecule has 0 spiro atoms. The lowest BCUT2D eigenvalue weighted by molar-refractivity contribution is -0.146. The van der Waals surface area contributed by atoms with Gasteiger partial charge in [-0.1, -0.05) is 24.3 Å². The van der Waals surface area contributed by atoms with Crippen LogP contribution < -0.4 is 0 Å². The molecule has 2 atom stereocenters. The van der Waals surface area contributed by atoms with E-state index in [0.717, 1.165) is 37.1 Å². The lowest BCUT2D eigenvalue weighted by Crippen LogP contribution is -2.41. The molecule has 2 unspecified atom stereocenters. The number of rotatable bonds is 6. The summed E-state index contributed by atoms with van der Waals surface area (Å²) in [6.07, 6.45) is 3.29. The lowest BCUT2D eigenvalue weighted by Gasteiger charge is -2.37. The van der Waals surface area contributed by atoms with Crippen molar-refractivity contribution in [3.8, 4) is 0 Å². The predicted octanol–water partition coefficient (Wildman–Crippen LogP) is 3.99. The molecule has 1 aromatic rings. The summed E-state index contributed by atoms with van der Waals surface area (Å²) < 4.78 is 10.9. The monoisotopic (exact) mass is 412 g/mol. The molecule has 3 rings (SSSR count). The summed E-state index contributed by atoms with van der Waals surface area (Å²) in [5.41, 5.74) is 3.10. The summed E-state index contributed by atoms with van der Waals surface area (Å²) in [5, 5.41) is 0. The lowest BCUT2D eigenvalue weighted by atomic mass is 9.75. The quantitative estimate of drug-likeness (QED) is 0.661. The third-order valence-corrected chi connectivity index (χ3v) is 5.83. The van der Waals surface area contributed by atoms with Crippen LogP contribution in [0, 0.1) is 12.8 Å². The van der Waals surface area contributed by atoms with Crippen LogP contribution in [-0.4, -0.2) is 48.9 Å². The van der Waals surface area contributed by atoms with E-state index in [2.05, 4.69) is 4.90 Å². The highest BCUT2D eigenvalue weighted by Crippen LogP contribution is 2.42. The first-order valence-corrected chi connectivity index (χ1v) is 10.9. The average Bonchev–Trinajstić information content (AvgIpc) is 2.74. The number of hydrogen-bond donors (Lipinski definition) is 0. The van der Waals surface area contributed by atoms with Gasteiger partial charge in [-0.3, -0.25) is 4.79 Å². The largest absolute Gasteiger partial charge is 0.465 e. The van der Waals surface area contributed by atoms with Gasteiger partial charge in [-0.25, -0.2) is 9.79 Å². The van der Waals surface area contributed by atoms with Gasteiger partial charge in [0.25, 0.3) is 0 Å². The molecule has 2 aliphatic rings. The average molecular weight is 413 g/mol. The smallest absolute Gasteiger partial charge is 0.338 e. The van der Waals surface area contributed by atoms with Crippen LogP contribution in [-0.2, 0) is 19.1 Å². The first kappa shape index (κ1) is 22.1. The maximum absolute atomic E-state index is 13.3. The fraction of sp³-hybridized carbons (Fsp3) is 0.542. The molecule has 2 aliphatic heterocycles. The van der Waals surface area contributed by atoms with Gasteiger partial charge < -0.3 is 14.4 Å². The van der Waals surface area contributed by atoms with Crippen LogP contribution in [0.2, 0.25) is 0 Å². The molecule has 6 nitrogen and oxygen atoms in total. The Morgan fingerprint density at radius 1 is 1.03 bits per heavy atom. The number of benzene rings is 1. The first-order chi connectivity index (χ1) is 14.5. The zero-order valence-electron chi connectivity index (χ0n) is 18.4. The number of carbonyl (C=O) groups excluding carboxylic acids is 2. The van der Waals surface area contributed by atoms with Gasteiger partial charge >= 0.3 is 11.9 Å². The fourth-order valence-corrected chi connectivity index (χ4v) is 4.43. The molecule has 162 valence electrons. The molecule has 6 heteroatoms. The number of ether oxygens (including phenoxy) is 2. The van der Waals surface area contributed by atoms with E-state index in [4.69, 9.17) is 14.5 Å². The van der Waals surface area contributed by atoms with Crippen LogP contribution in [0.4, 0.5) is 0 Å². The number of likely N-dealkylation sites (tertiary alicyclic amines) is 1. The Bertz CT molecular complexity index is 853. The molecular weight excluding hydrogens is 380 g/mol. The highest BCUT2D eigenvalue weighted by atomic mass is 16.5. The fourth-order valence-electron chi connectivity index (χ4n) is 4.43. The second-order valence-corrected chi connectivity index (χ2v) is 7.82. The van der Waals surface area contributed by atoms with Gasteiger partial charge in [-0.15, -0.1) is 0 Å². The standard InChI is InChI=1S/C24H32N2O4/c1-5-29-23(27)19-17(4)25-22(26-14-10-7-11-15-26)21(24(28)30-6-2)20(19)18-13-9-8-12-16(18)3/h8-9,12-13,19-20H,5-7,10-11,14-15H2,1-4H3. The normalized spacial score (nSPS) is 21.9. The molecular formula is C24H32N2O4. The minimum Gasteiger partial charge on any atom is -0.465 e. The van der Waals surface area contributed by atoms with Gasteiger partial charge in [0.2, 0.25) is 0 Å². The summed E-state index contributed by atoms with van der Waals surface area (Å²) in [7, 11) is 0. The van der Waals surface area contributed by atoms with Gasteiger partial charge in [0, 0.05) is 24.7 Å². The molecule has 0 amide bonds. The molecule has 0 aliphatic carbocycles. The topological polar surface area (TPSA) is 68.2 Å². The van der Waals surface area contributed by atoms with Crippen molar-refractivity contribution in [3.05, 3.63) is 46.8 Å². The molecule has 1 fully saturated rings. The molecule has 1 saturated heterocycles. The highest BCUT2D eigenvalue weighted by Gasteiger charge is 2.44. The van der Waals surface area contributed by atoms with Crippen LogP contribution >= 0.6 is 0 Å². The zero-order valence-corrected chi connectivity index (χ0v) is 18.4. The molecule has 0 radical (unpaired) electrons. The number of piperidine rings is 1. The number of nitrogens with zero attached hydrogens (tertiary/aromatic N) is 2. The Labute approximate surface area is 179 Å². The Morgan fingerprint density at radius 2 is 1.70 bits per heavy atom. The van der Waals surface area contributed by atoms with Gasteiger partial charge in [0.05, 0.1) is 18.8 Å². The number of aliphatic imine (C=N–C) groups is 1. The van der Waals surface area contributed by atoms with Crippen molar-refractivity contribution < 1.29 is 19.1 Å². The number of hydrogen-bond acceptors (Lipinski definition) is 6. The molecule has 30 heavy (non-hydrogen) atoms. The Balaban J connectivity index is 2.22. The summed E-state index contributed by atoms with van der Waals surface area (Å²) in [5.74, 6) is -1.25. The maximum Gasteiger partial charge on any atom is 0.338 e.